The maximum absolute atomic E-state index is 13.1. The summed E-state index contributed by atoms with van der Waals surface area (Å²) >= 11 is 0. The Labute approximate surface area is 157 Å². The third-order valence-electron chi connectivity index (χ3n) is 5.60. The number of carbonyl (C=O) groups excluding carboxylic acids is 2. The molecule has 1 aromatic carbocycles. The summed E-state index contributed by atoms with van der Waals surface area (Å²) in [6.07, 6.45) is 1.73. The van der Waals surface area contributed by atoms with Crippen molar-refractivity contribution < 1.29 is 22.8 Å². The van der Waals surface area contributed by atoms with E-state index in [0.717, 1.165) is 44.6 Å². The minimum Gasteiger partial charge on any atom is -0.330 e. The maximum Gasteiger partial charge on any atom is 0.416 e. The molecule has 0 radical (unpaired) electrons. The molecule has 7 heteroatoms. The SMILES string of the molecule is Cc1ccc(NC(=O)C2CCCN2C(=O)C2CCCCC2)cc1C(F)(F)F. The number of rotatable bonds is 3. The van der Waals surface area contributed by atoms with Crippen LogP contribution >= 0.6 is 0 Å². The number of hydrogen-bond acceptors (Lipinski definition) is 2. The topological polar surface area (TPSA) is 49.4 Å². The van der Waals surface area contributed by atoms with E-state index in [1.54, 1.807) is 4.90 Å². The smallest absolute Gasteiger partial charge is 0.330 e. The zero-order valence-corrected chi connectivity index (χ0v) is 15.4. The van der Waals surface area contributed by atoms with Crippen LogP contribution in [0.1, 0.15) is 56.1 Å². The van der Waals surface area contributed by atoms with Gasteiger partial charge in [-0.1, -0.05) is 25.3 Å². The second-order valence-corrected chi connectivity index (χ2v) is 7.54. The molecule has 2 amide bonds. The Morgan fingerprint density at radius 2 is 1.78 bits per heavy atom. The minimum absolute atomic E-state index is 0.0206. The number of alkyl halides is 3. The van der Waals surface area contributed by atoms with Crippen molar-refractivity contribution in [2.75, 3.05) is 11.9 Å². The Morgan fingerprint density at radius 3 is 2.44 bits per heavy atom. The molecule has 1 aliphatic carbocycles. The van der Waals surface area contributed by atoms with Crippen molar-refractivity contribution in [3.63, 3.8) is 0 Å². The van der Waals surface area contributed by atoms with E-state index < -0.39 is 23.7 Å². The molecule has 2 aliphatic rings. The van der Waals surface area contributed by atoms with Gasteiger partial charge in [-0.2, -0.15) is 13.2 Å². The van der Waals surface area contributed by atoms with Crippen LogP contribution in [0.4, 0.5) is 18.9 Å². The van der Waals surface area contributed by atoms with Crippen molar-refractivity contribution in [1.29, 1.82) is 0 Å². The third kappa shape index (κ3) is 4.45. The van der Waals surface area contributed by atoms with Crippen molar-refractivity contribution in [2.45, 2.75) is 64.1 Å². The standard InChI is InChI=1S/C20H25F3N2O2/c1-13-9-10-15(12-16(13)20(21,22)23)24-18(26)17-8-5-11-25(17)19(27)14-6-3-2-4-7-14/h9-10,12,14,17H,2-8,11H2,1H3,(H,24,26). The normalized spacial score (nSPS) is 21.3. The lowest BCUT2D eigenvalue weighted by molar-refractivity contribution is -0.141. The molecule has 1 N–H and O–H groups in total. The molecular formula is C20H25F3N2O2. The predicted octanol–water partition coefficient (Wildman–Crippen LogP) is 4.52. The number of nitrogens with zero attached hydrogens (tertiary/aromatic N) is 1. The van der Waals surface area contributed by atoms with Crippen LogP contribution in [0.3, 0.4) is 0 Å². The van der Waals surface area contributed by atoms with E-state index in [1.807, 2.05) is 0 Å². The van der Waals surface area contributed by atoms with E-state index in [1.165, 1.54) is 19.1 Å². The van der Waals surface area contributed by atoms with Crippen molar-refractivity contribution in [1.82, 2.24) is 4.90 Å². The molecule has 0 bridgehead atoms. The fourth-order valence-corrected chi connectivity index (χ4v) is 4.12. The molecule has 1 atom stereocenters. The van der Waals surface area contributed by atoms with Gasteiger partial charge < -0.3 is 10.2 Å². The number of nitrogens with one attached hydrogen (secondary N) is 1. The van der Waals surface area contributed by atoms with E-state index in [9.17, 15) is 22.8 Å². The quantitative estimate of drug-likeness (QED) is 0.835. The van der Waals surface area contributed by atoms with Crippen molar-refractivity contribution in [3.8, 4) is 0 Å². The summed E-state index contributed by atoms with van der Waals surface area (Å²) < 4.78 is 39.2. The summed E-state index contributed by atoms with van der Waals surface area (Å²) in [4.78, 5) is 27.1. The number of amides is 2. The van der Waals surface area contributed by atoms with Crippen LogP contribution in [0.5, 0.6) is 0 Å². The molecule has 0 spiro atoms. The van der Waals surface area contributed by atoms with Gasteiger partial charge in [-0.25, -0.2) is 0 Å². The second kappa shape index (κ2) is 7.90. The van der Waals surface area contributed by atoms with Crippen molar-refractivity contribution in [3.05, 3.63) is 29.3 Å². The Hall–Kier alpha value is -2.05. The molecule has 1 saturated carbocycles. The number of aryl methyl sites for hydroxylation is 1. The number of hydrogen-bond donors (Lipinski definition) is 1. The summed E-state index contributed by atoms with van der Waals surface area (Å²) in [6, 6.07) is 3.16. The van der Waals surface area contributed by atoms with Gasteiger partial charge in [0.15, 0.2) is 0 Å². The van der Waals surface area contributed by atoms with E-state index in [-0.39, 0.29) is 23.1 Å². The molecule has 1 saturated heterocycles. The van der Waals surface area contributed by atoms with Gasteiger partial charge in [0.05, 0.1) is 5.56 Å². The summed E-state index contributed by atoms with van der Waals surface area (Å²) in [5.41, 5.74) is -0.549. The van der Waals surface area contributed by atoms with E-state index in [0.29, 0.717) is 13.0 Å². The molecule has 4 nitrogen and oxygen atoms in total. The molecule has 1 aromatic rings. The molecule has 1 aliphatic heterocycles. The lowest BCUT2D eigenvalue weighted by Gasteiger charge is -2.30. The van der Waals surface area contributed by atoms with Gasteiger partial charge in [0.25, 0.3) is 0 Å². The number of halogens is 3. The van der Waals surface area contributed by atoms with Crippen LogP contribution in [0.15, 0.2) is 18.2 Å². The average molecular weight is 382 g/mol. The van der Waals surface area contributed by atoms with Gasteiger partial charge in [-0.05, 0) is 50.3 Å². The first kappa shape index (κ1) is 19.7. The number of anilines is 1. The average Bonchev–Trinajstić information content (AvgIpc) is 3.12. The fraction of sp³-hybridized carbons (Fsp3) is 0.600. The van der Waals surface area contributed by atoms with Gasteiger partial charge in [0, 0.05) is 18.2 Å². The lowest BCUT2D eigenvalue weighted by Crippen LogP contribution is -2.46. The zero-order valence-electron chi connectivity index (χ0n) is 15.4. The highest BCUT2D eigenvalue weighted by molar-refractivity contribution is 5.97. The maximum atomic E-state index is 13.1. The molecule has 27 heavy (non-hydrogen) atoms. The Balaban J connectivity index is 1.71. The van der Waals surface area contributed by atoms with Crippen LogP contribution in [-0.2, 0) is 15.8 Å². The van der Waals surface area contributed by atoms with Gasteiger partial charge >= 0.3 is 6.18 Å². The molecule has 2 fully saturated rings. The van der Waals surface area contributed by atoms with Crippen LogP contribution in [0.2, 0.25) is 0 Å². The van der Waals surface area contributed by atoms with E-state index in [4.69, 9.17) is 0 Å². The van der Waals surface area contributed by atoms with E-state index in [2.05, 4.69) is 5.32 Å². The highest BCUT2D eigenvalue weighted by Crippen LogP contribution is 2.34. The molecular weight excluding hydrogens is 357 g/mol. The minimum atomic E-state index is -4.47. The van der Waals surface area contributed by atoms with E-state index >= 15 is 0 Å². The molecule has 0 aromatic heterocycles. The Kier molecular flexibility index (Phi) is 5.77. The first-order valence-corrected chi connectivity index (χ1v) is 9.56. The van der Waals surface area contributed by atoms with Crippen LogP contribution in [0, 0.1) is 12.8 Å². The lowest BCUT2D eigenvalue weighted by atomic mass is 9.88. The molecule has 148 valence electrons. The van der Waals surface area contributed by atoms with Crippen LogP contribution < -0.4 is 5.32 Å². The molecule has 3 rings (SSSR count). The van der Waals surface area contributed by atoms with Gasteiger partial charge in [0.2, 0.25) is 11.8 Å². The third-order valence-corrected chi connectivity index (χ3v) is 5.60. The first-order chi connectivity index (χ1) is 12.8. The summed E-state index contributed by atoms with van der Waals surface area (Å²) in [7, 11) is 0. The Bertz CT molecular complexity index is 712. The van der Waals surface area contributed by atoms with Crippen LogP contribution in [-0.4, -0.2) is 29.3 Å². The number of likely N-dealkylation sites (tertiary alicyclic amines) is 1. The Morgan fingerprint density at radius 1 is 1.07 bits per heavy atom. The first-order valence-electron chi connectivity index (χ1n) is 9.56. The second-order valence-electron chi connectivity index (χ2n) is 7.54. The fourth-order valence-electron chi connectivity index (χ4n) is 4.12. The zero-order chi connectivity index (χ0) is 19.6. The number of benzene rings is 1. The highest BCUT2D eigenvalue weighted by atomic mass is 19.4. The van der Waals surface area contributed by atoms with Gasteiger partial charge in [-0.3, -0.25) is 9.59 Å². The van der Waals surface area contributed by atoms with Crippen molar-refractivity contribution >= 4 is 17.5 Å². The molecule has 1 heterocycles. The number of carbonyl (C=O) groups is 2. The summed E-state index contributed by atoms with van der Waals surface area (Å²) in [6.45, 7) is 1.92. The monoisotopic (exact) mass is 382 g/mol. The van der Waals surface area contributed by atoms with Crippen molar-refractivity contribution in [2.24, 2.45) is 5.92 Å². The molecule has 1 unspecified atom stereocenters. The van der Waals surface area contributed by atoms with Crippen LogP contribution in [0.25, 0.3) is 0 Å². The van der Waals surface area contributed by atoms with Gasteiger partial charge in [0.1, 0.15) is 6.04 Å². The largest absolute Gasteiger partial charge is 0.416 e. The summed E-state index contributed by atoms with van der Waals surface area (Å²) in [5, 5.41) is 2.58. The highest BCUT2D eigenvalue weighted by Gasteiger charge is 2.38. The summed E-state index contributed by atoms with van der Waals surface area (Å²) in [5.74, 6) is -0.413. The van der Waals surface area contributed by atoms with Gasteiger partial charge in [-0.15, -0.1) is 0 Å². The predicted molar refractivity (Wildman–Crippen MR) is 96.1 cm³/mol.